The number of fused-ring (bicyclic) bond motifs is 1. The Kier molecular flexibility index (Phi) is 4.69. The van der Waals surface area contributed by atoms with Crippen LogP contribution in [0.2, 0.25) is 0 Å². The number of esters is 1. The molecule has 25 heavy (non-hydrogen) atoms. The molecular weight excluding hydrogens is 364 g/mol. The van der Waals surface area contributed by atoms with E-state index in [0.29, 0.717) is 10.4 Å². The van der Waals surface area contributed by atoms with Gasteiger partial charge in [-0.3, -0.25) is 19.3 Å². The van der Waals surface area contributed by atoms with Crippen LogP contribution in [0.25, 0.3) is 0 Å². The summed E-state index contributed by atoms with van der Waals surface area (Å²) in [6.07, 6.45) is 0. The summed E-state index contributed by atoms with van der Waals surface area (Å²) < 4.78 is 31.1. The number of benzene rings is 1. The summed E-state index contributed by atoms with van der Waals surface area (Å²) in [6, 6.07) is 9.83. The smallest absolute Gasteiger partial charge is 0.328 e. The van der Waals surface area contributed by atoms with E-state index in [9.17, 15) is 18.0 Å². The van der Waals surface area contributed by atoms with Crippen molar-refractivity contribution in [1.29, 1.82) is 0 Å². The van der Waals surface area contributed by atoms with Crippen LogP contribution in [-0.2, 0) is 19.6 Å². The summed E-state index contributed by atoms with van der Waals surface area (Å²) in [5.41, 5.74) is 0.403. The minimum Gasteiger partial charge on any atom is -0.456 e. The molecule has 0 bridgehead atoms. The molecule has 0 radical (unpaired) electrons. The van der Waals surface area contributed by atoms with Gasteiger partial charge in [-0.2, -0.15) is 0 Å². The van der Waals surface area contributed by atoms with E-state index in [4.69, 9.17) is 4.74 Å². The number of nitrogens with one attached hydrogen (secondary N) is 1. The number of carbonyl (C=O) groups is 2. The van der Waals surface area contributed by atoms with Crippen LogP contribution in [-0.4, -0.2) is 39.2 Å². The van der Waals surface area contributed by atoms with Crippen molar-refractivity contribution in [2.45, 2.75) is 11.8 Å². The quantitative estimate of drug-likeness (QED) is 0.628. The van der Waals surface area contributed by atoms with Gasteiger partial charge in [0.25, 0.3) is 10.0 Å². The number of aryl methyl sites for hydroxylation is 1. The predicted octanol–water partition coefficient (Wildman–Crippen LogP) is 1.52. The van der Waals surface area contributed by atoms with Gasteiger partial charge in [-0.15, -0.1) is 11.3 Å². The second-order valence-electron chi connectivity index (χ2n) is 5.26. The van der Waals surface area contributed by atoms with Gasteiger partial charge in [-0.1, -0.05) is 12.1 Å². The molecule has 1 aromatic heterocycles. The fraction of sp³-hybridized carbons (Fsp3) is 0.188. The molecule has 1 N–H and O–H groups in total. The van der Waals surface area contributed by atoms with Crippen molar-refractivity contribution in [3.05, 3.63) is 51.7 Å². The van der Waals surface area contributed by atoms with Crippen LogP contribution < -0.4 is 4.72 Å². The highest BCUT2D eigenvalue weighted by molar-refractivity contribution is 7.90. The maximum atomic E-state index is 11.9. The zero-order valence-corrected chi connectivity index (χ0v) is 14.8. The Bertz CT molecular complexity index is 976. The molecule has 0 saturated carbocycles. The SMILES string of the molecule is Cc1ccc(C(=O)COC(=O)CN=C2NS(=O)(=O)c3ccccc32)s1. The lowest BCUT2D eigenvalue weighted by Crippen LogP contribution is -2.24. The Hall–Kier alpha value is -2.52. The zero-order chi connectivity index (χ0) is 18.0. The number of aliphatic imine (C=N–C) groups is 1. The van der Waals surface area contributed by atoms with Crippen molar-refractivity contribution < 1.29 is 22.7 Å². The van der Waals surface area contributed by atoms with E-state index in [2.05, 4.69) is 9.71 Å². The van der Waals surface area contributed by atoms with Gasteiger partial charge in [0.1, 0.15) is 12.4 Å². The molecule has 0 atom stereocenters. The van der Waals surface area contributed by atoms with E-state index in [1.807, 2.05) is 13.0 Å². The van der Waals surface area contributed by atoms with Crippen LogP contribution in [0.5, 0.6) is 0 Å². The van der Waals surface area contributed by atoms with E-state index in [1.54, 1.807) is 24.3 Å². The first-order chi connectivity index (χ1) is 11.9. The molecule has 7 nitrogen and oxygen atoms in total. The first-order valence-electron chi connectivity index (χ1n) is 7.29. The Balaban J connectivity index is 1.61. The van der Waals surface area contributed by atoms with Crippen molar-refractivity contribution in [3.63, 3.8) is 0 Å². The van der Waals surface area contributed by atoms with E-state index in [0.717, 1.165) is 4.88 Å². The van der Waals surface area contributed by atoms with Crippen molar-refractivity contribution in [1.82, 2.24) is 4.72 Å². The Morgan fingerprint density at radius 3 is 2.68 bits per heavy atom. The highest BCUT2D eigenvalue weighted by Crippen LogP contribution is 2.22. The summed E-state index contributed by atoms with van der Waals surface area (Å²) >= 11 is 1.33. The molecule has 1 aliphatic rings. The molecule has 3 rings (SSSR count). The number of rotatable bonds is 5. The molecule has 0 aliphatic carbocycles. The van der Waals surface area contributed by atoms with E-state index < -0.39 is 16.0 Å². The van der Waals surface area contributed by atoms with Crippen LogP contribution in [0.1, 0.15) is 20.1 Å². The van der Waals surface area contributed by atoms with Gasteiger partial charge in [-0.25, -0.2) is 8.42 Å². The fourth-order valence-electron chi connectivity index (χ4n) is 2.24. The summed E-state index contributed by atoms with van der Waals surface area (Å²) in [7, 11) is -3.65. The highest BCUT2D eigenvalue weighted by Gasteiger charge is 2.30. The van der Waals surface area contributed by atoms with Crippen LogP contribution >= 0.6 is 11.3 Å². The molecular formula is C16H14N2O5S2. The third-order valence-electron chi connectivity index (χ3n) is 3.41. The van der Waals surface area contributed by atoms with Gasteiger partial charge in [0.2, 0.25) is 5.78 Å². The maximum absolute atomic E-state index is 11.9. The number of sulfonamides is 1. The fourth-order valence-corrected chi connectivity index (χ4v) is 4.28. The first kappa shape index (κ1) is 17.3. The number of ketones is 1. The van der Waals surface area contributed by atoms with Crippen molar-refractivity contribution in [2.75, 3.05) is 13.2 Å². The number of ether oxygens (including phenoxy) is 1. The molecule has 2 aromatic rings. The largest absolute Gasteiger partial charge is 0.456 e. The molecule has 0 spiro atoms. The number of thiophene rings is 1. The number of Topliss-reactive ketones (excluding diaryl/α,β-unsaturated/α-hetero) is 1. The number of carbonyl (C=O) groups excluding carboxylic acids is 2. The van der Waals surface area contributed by atoms with Crippen LogP contribution in [0.3, 0.4) is 0 Å². The van der Waals surface area contributed by atoms with Crippen molar-refractivity contribution in [2.24, 2.45) is 4.99 Å². The monoisotopic (exact) mass is 378 g/mol. The number of nitrogens with zero attached hydrogens (tertiary/aromatic N) is 1. The average Bonchev–Trinajstić information content (AvgIpc) is 3.13. The Morgan fingerprint density at radius 1 is 1.20 bits per heavy atom. The maximum Gasteiger partial charge on any atom is 0.328 e. The molecule has 2 heterocycles. The van der Waals surface area contributed by atoms with Gasteiger partial charge in [0, 0.05) is 10.4 Å². The summed E-state index contributed by atoms with van der Waals surface area (Å²) in [6.45, 7) is 1.12. The summed E-state index contributed by atoms with van der Waals surface area (Å²) in [5.74, 6) is -0.906. The number of hydrogen-bond donors (Lipinski definition) is 1. The molecule has 0 saturated heterocycles. The van der Waals surface area contributed by atoms with Gasteiger partial charge in [0.15, 0.2) is 6.61 Å². The predicted molar refractivity (Wildman–Crippen MR) is 92.5 cm³/mol. The van der Waals surface area contributed by atoms with Gasteiger partial charge in [0.05, 0.1) is 9.77 Å². The molecule has 0 unspecified atom stereocenters. The first-order valence-corrected chi connectivity index (χ1v) is 9.59. The average molecular weight is 378 g/mol. The molecule has 0 fully saturated rings. The van der Waals surface area contributed by atoms with Crippen molar-refractivity contribution in [3.8, 4) is 0 Å². The van der Waals surface area contributed by atoms with Crippen LogP contribution in [0, 0.1) is 6.92 Å². The minimum absolute atomic E-state index is 0.0905. The molecule has 1 aromatic carbocycles. The molecule has 9 heteroatoms. The Labute approximate surface area is 148 Å². The standard InChI is InChI=1S/C16H14N2O5S2/c1-10-6-7-13(24-10)12(19)9-23-15(20)8-17-16-11-4-2-3-5-14(11)25(21,22)18-16/h2-7H,8-9H2,1H3,(H,17,18). The van der Waals surface area contributed by atoms with Gasteiger partial charge in [-0.05, 0) is 31.2 Å². The summed E-state index contributed by atoms with van der Waals surface area (Å²) in [5, 5.41) is 0. The van der Waals surface area contributed by atoms with E-state index in [1.165, 1.54) is 17.4 Å². The van der Waals surface area contributed by atoms with Crippen LogP contribution in [0.15, 0.2) is 46.3 Å². The lowest BCUT2D eigenvalue weighted by molar-refractivity contribution is -0.140. The second-order valence-corrected chi connectivity index (χ2v) is 8.20. The third-order valence-corrected chi connectivity index (χ3v) is 5.85. The highest BCUT2D eigenvalue weighted by atomic mass is 32.2. The number of hydrogen-bond acceptors (Lipinski definition) is 7. The van der Waals surface area contributed by atoms with Crippen LogP contribution in [0.4, 0.5) is 0 Å². The zero-order valence-electron chi connectivity index (χ0n) is 13.2. The topological polar surface area (TPSA) is 102 Å². The van der Waals surface area contributed by atoms with Gasteiger partial charge < -0.3 is 4.74 Å². The van der Waals surface area contributed by atoms with E-state index in [-0.39, 0.29) is 29.7 Å². The second kappa shape index (κ2) is 6.77. The minimum atomic E-state index is -3.65. The molecule has 0 amide bonds. The summed E-state index contributed by atoms with van der Waals surface area (Å²) in [4.78, 5) is 29.2. The van der Waals surface area contributed by atoms with E-state index >= 15 is 0 Å². The number of amidine groups is 1. The lowest BCUT2D eigenvalue weighted by Gasteiger charge is -2.02. The normalized spacial score (nSPS) is 16.3. The Morgan fingerprint density at radius 2 is 1.96 bits per heavy atom. The molecule has 1 aliphatic heterocycles. The third kappa shape index (κ3) is 3.77. The molecule has 130 valence electrons. The van der Waals surface area contributed by atoms with Gasteiger partial charge >= 0.3 is 5.97 Å². The van der Waals surface area contributed by atoms with Crippen molar-refractivity contribution >= 4 is 38.9 Å². The lowest BCUT2D eigenvalue weighted by atomic mass is 10.2.